The Bertz CT molecular complexity index is 606. The average Bonchev–Trinajstić information content (AvgIpc) is 3.30. The van der Waals surface area contributed by atoms with E-state index in [0.29, 0.717) is 5.91 Å². The van der Waals surface area contributed by atoms with Gasteiger partial charge in [0.05, 0.1) is 5.41 Å². The number of hydrogen-bond donors (Lipinski definition) is 0. The number of amides is 1. The van der Waals surface area contributed by atoms with E-state index in [1.165, 1.54) is 12.8 Å². The first-order valence-corrected chi connectivity index (χ1v) is 9.84. The molecule has 1 aliphatic carbocycles. The van der Waals surface area contributed by atoms with Crippen LogP contribution in [0.5, 0.6) is 0 Å². The highest BCUT2D eigenvalue weighted by molar-refractivity contribution is 7.98. The topological polar surface area (TPSA) is 49.3 Å². The summed E-state index contributed by atoms with van der Waals surface area (Å²) in [6.07, 6.45) is 9.57. The van der Waals surface area contributed by atoms with Crippen LogP contribution in [0.25, 0.3) is 0 Å². The standard InChI is InChI=1S/C17H24N4OS/c1-23-16-18-8-5-14(19-16)21-10-7-17(12-21)6-2-9-20(15(17)22)11-13-3-4-13/h5,8,13H,2-4,6-7,9-12H2,1H3/t17-/m0/s1. The molecule has 6 heteroatoms. The zero-order valence-corrected chi connectivity index (χ0v) is 14.5. The molecule has 1 saturated carbocycles. The summed E-state index contributed by atoms with van der Waals surface area (Å²) >= 11 is 1.56. The Kier molecular flexibility index (Phi) is 3.95. The van der Waals surface area contributed by atoms with Crippen LogP contribution in [0.4, 0.5) is 5.82 Å². The molecule has 0 radical (unpaired) electrons. The lowest BCUT2D eigenvalue weighted by Crippen LogP contribution is -2.50. The molecule has 3 fully saturated rings. The van der Waals surface area contributed by atoms with Crippen LogP contribution in [0.1, 0.15) is 32.1 Å². The van der Waals surface area contributed by atoms with E-state index < -0.39 is 0 Å². The molecule has 1 amide bonds. The minimum Gasteiger partial charge on any atom is -0.355 e. The second kappa shape index (κ2) is 5.96. The lowest BCUT2D eigenvalue weighted by atomic mass is 9.78. The largest absolute Gasteiger partial charge is 0.355 e. The van der Waals surface area contributed by atoms with Gasteiger partial charge in [0.1, 0.15) is 5.82 Å². The molecule has 5 nitrogen and oxygen atoms in total. The Labute approximate surface area is 141 Å². The van der Waals surface area contributed by atoms with Gasteiger partial charge in [-0.1, -0.05) is 11.8 Å². The summed E-state index contributed by atoms with van der Waals surface area (Å²) in [5.41, 5.74) is -0.169. The van der Waals surface area contributed by atoms with Crippen molar-refractivity contribution in [3.63, 3.8) is 0 Å². The number of nitrogens with zero attached hydrogens (tertiary/aromatic N) is 4. The van der Waals surface area contributed by atoms with E-state index in [1.54, 1.807) is 11.8 Å². The lowest BCUT2D eigenvalue weighted by Gasteiger charge is -2.39. The summed E-state index contributed by atoms with van der Waals surface area (Å²) in [6.45, 7) is 3.69. The summed E-state index contributed by atoms with van der Waals surface area (Å²) in [5, 5.41) is 0.800. The first-order chi connectivity index (χ1) is 11.2. The van der Waals surface area contributed by atoms with Gasteiger partial charge in [-0.2, -0.15) is 0 Å². The minimum atomic E-state index is -0.169. The third-order valence-corrected chi connectivity index (χ3v) is 6.04. The summed E-state index contributed by atoms with van der Waals surface area (Å²) in [7, 11) is 0. The van der Waals surface area contributed by atoms with Crippen molar-refractivity contribution >= 4 is 23.5 Å². The van der Waals surface area contributed by atoms with Gasteiger partial charge in [0, 0.05) is 32.4 Å². The maximum absolute atomic E-state index is 13.1. The molecular formula is C17H24N4OS. The predicted molar refractivity (Wildman–Crippen MR) is 91.6 cm³/mol. The molecule has 0 unspecified atom stereocenters. The number of aromatic nitrogens is 2. The monoisotopic (exact) mass is 332 g/mol. The lowest BCUT2D eigenvalue weighted by molar-refractivity contribution is -0.145. The molecule has 3 aliphatic rings. The average molecular weight is 332 g/mol. The summed E-state index contributed by atoms with van der Waals surface area (Å²) in [6, 6.07) is 1.97. The predicted octanol–water partition coefficient (Wildman–Crippen LogP) is 2.43. The van der Waals surface area contributed by atoms with Crippen molar-refractivity contribution in [3.8, 4) is 0 Å². The van der Waals surface area contributed by atoms with Crippen LogP contribution in [-0.2, 0) is 4.79 Å². The zero-order valence-electron chi connectivity index (χ0n) is 13.7. The van der Waals surface area contributed by atoms with E-state index in [9.17, 15) is 4.79 Å². The highest BCUT2D eigenvalue weighted by atomic mass is 32.2. The van der Waals surface area contributed by atoms with Crippen molar-refractivity contribution < 1.29 is 4.79 Å². The molecule has 1 spiro atoms. The zero-order chi connectivity index (χ0) is 15.9. The number of carbonyl (C=O) groups is 1. The molecule has 1 aromatic rings. The SMILES string of the molecule is CSc1nccc(N2CC[C@@]3(CCCN(CC4CC4)C3=O)C2)n1. The first kappa shape index (κ1) is 15.2. The van der Waals surface area contributed by atoms with Gasteiger partial charge in [-0.15, -0.1) is 0 Å². The highest BCUT2D eigenvalue weighted by Gasteiger charge is 2.49. The molecular weight excluding hydrogens is 308 g/mol. The van der Waals surface area contributed by atoms with E-state index in [-0.39, 0.29) is 5.41 Å². The van der Waals surface area contributed by atoms with Crippen molar-refractivity contribution in [1.82, 2.24) is 14.9 Å². The van der Waals surface area contributed by atoms with Crippen LogP contribution in [0.2, 0.25) is 0 Å². The first-order valence-electron chi connectivity index (χ1n) is 8.62. The van der Waals surface area contributed by atoms with E-state index >= 15 is 0 Å². The number of likely N-dealkylation sites (tertiary alicyclic amines) is 1. The van der Waals surface area contributed by atoms with E-state index in [1.807, 2.05) is 18.5 Å². The molecule has 0 aromatic carbocycles. The second-order valence-electron chi connectivity index (χ2n) is 7.15. The maximum atomic E-state index is 13.1. The van der Waals surface area contributed by atoms with Crippen LogP contribution < -0.4 is 4.90 Å². The Balaban J connectivity index is 1.50. The van der Waals surface area contributed by atoms with Crippen molar-refractivity contribution in [3.05, 3.63) is 12.3 Å². The van der Waals surface area contributed by atoms with Crippen LogP contribution in [0, 0.1) is 11.3 Å². The van der Waals surface area contributed by atoms with Crippen molar-refractivity contribution in [2.75, 3.05) is 37.3 Å². The molecule has 124 valence electrons. The molecule has 0 N–H and O–H groups in total. The Morgan fingerprint density at radius 1 is 1.35 bits per heavy atom. The maximum Gasteiger partial charge on any atom is 0.230 e. The normalized spacial score (nSPS) is 28.0. The van der Waals surface area contributed by atoms with Crippen molar-refractivity contribution in [1.29, 1.82) is 0 Å². The van der Waals surface area contributed by atoms with Crippen molar-refractivity contribution in [2.45, 2.75) is 37.3 Å². The Hall–Kier alpha value is -1.30. The fourth-order valence-electron chi connectivity index (χ4n) is 3.99. The van der Waals surface area contributed by atoms with Gasteiger partial charge in [-0.3, -0.25) is 4.79 Å². The van der Waals surface area contributed by atoms with Gasteiger partial charge in [0.25, 0.3) is 0 Å². The van der Waals surface area contributed by atoms with E-state index in [0.717, 1.165) is 62.3 Å². The summed E-state index contributed by atoms with van der Waals surface area (Å²) < 4.78 is 0. The summed E-state index contributed by atoms with van der Waals surface area (Å²) in [4.78, 5) is 26.4. The molecule has 23 heavy (non-hydrogen) atoms. The van der Waals surface area contributed by atoms with Crippen LogP contribution in [-0.4, -0.2) is 53.2 Å². The van der Waals surface area contributed by atoms with Gasteiger partial charge in [-0.05, 0) is 50.3 Å². The Morgan fingerprint density at radius 3 is 3.00 bits per heavy atom. The number of carbonyl (C=O) groups excluding carboxylic acids is 1. The molecule has 2 saturated heterocycles. The molecule has 1 atom stereocenters. The van der Waals surface area contributed by atoms with Crippen molar-refractivity contribution in [2.24, 2.45) is 11.3 Å². The highest BCUT2D eigenvalue weighted by Crippen LogP contribution is 2.42. The fourth-order valence-corrected chi connectivity index (χ4v) is 4.34. The van der Waals surface area contributed by atoms with Crippen LogP contribution in [0.15, 0.2) is 17.4 Å². The summed E-state index contributed by atoms with van der Waals surface area (Å²) in [5.74, 6) is 2.14. The molecule has 0 bridgehead atoms. The fraction of sp³-hybridized carbons (Fsp3) is 0.706. The molecule has 2 aliphatic heterocycles. The van der Waals surface area contributed by atoms with Gasteiger partial charge in [0.15, 0.2) is 5.16 Å². The van der Waals surface area contributed by atoms with Gasteiger partial charge >= 0.3 is 0 Å². The molecule has 3 heterocycles. The third kappa shape index (κ3) is 2.93. The number of thioether (sulfide) groups is 1. The smallest absolute Gasteiger partial charge is 0.230 e. The van der Waals surface area contributed by atoms with Crippen LogP contribution in [0.3, 0.4) is 0 Å². The minimum absolute atomic E-state index is 0.169. The van der Waals surface area contributed by atoms with Gasteiger partial charge in [0.2, 0.25) is 5.91 Å². The molecule has 1 aromatic heterocycles. The number of hydrogen-bond acceptors (Lipinski definition) is 5. The van der Waals surface area contributed by atoms with Gasteiger partial charge < -0.3 is 9.80 Å². The van der Waals surface area contributed by atoms with Crippen LogP contribution >= 0.6 is 11.8 Å². The number of anilines is 1. The number of rotatable bonds is 4. The number of piperidine rings is 1. The second-order valence-corrected chi connectivity index (χ2v) is 7.92. The quantitative estimate of drug-likeness (QED) is 0.626. The van der Waals surface area contributed by atoms with E-state index in [4.69, 9.17) is 0 Å². The van der Waals surface area contributed by atoms with E-state index in [2.05, 4.69) is 19.8 Å². The van der Waals surface area contributed by atoms with Gasteiger partial charge in [-0.25, -0.2) is 9.97 Å². The third-order valence-electron chi connectivity index (χ3n) is 5.48. The molecule has 4 rings (SSSR count). The Morgan fingerprint density at radius 2 is 2.22 bits per heavy atom.